The quantitative estimate of drug-likeness (QED) is 0.797. The van der Waals surface area contributed by atoms with Crippen LogP contribution in [0.4, 0.5) is 4.39 Å². The van der Waals surface area contributed by atoms with E-state index in [0.29, 0.717) is 19.3 Å². The van der Waals surface area contributed by atoms with Gasteiger partial charge in [0, 0.05) is 4.47 Å². The van der Waals surface area contributed by atoms with Crippen LogP contribution in [0, 0.1) is 5.92 Å². The molecule has 1 aliphatic rings. The van der Waals surface area contributed by atoms with Crippen LogP contribution in [-0.4, -0.2) is 12.1 Å². The van der Waals surface area contributed by atoms with Crippen LogP contribution in [0.2, 0.25) is 0 Å². The highest BCUT2D eigenvalue weighted by Gasteiger charge is 2.30. The van der Waals surface area contributed by atoms with Gasteiger partial charge in [0.1, 0.15) is 12.8 Å². The number of ether oxygens (including phenoxy) is 1. The Morgan fingerprint density at radius 1 is 1.35 bits per heavy atom. The lowest BCUT2D eigenvalue weighted by Crippen LogP contribution is -2.15. The Bertz CT molecular complexity index is 391. The summed E-state index contributed by atoms with van der Waals surface area (Å²) < 4.78 is 19.1. The molecule has 0 aromatic heterocycles. The highest BCUT2D eigenvalue weighted by molar-refractivity contribution is 9.10. The fraction of sp³-hybridized carbons (Fsp3) is 0.462. The van der Waals surface area contributed by atoms with E-state index in [2.05, 4.69) is 15.9 Å². The van der Waals surface area contributed by atoms with Gasteiger partial charge in [0.2, 0.25) is 0 Å². The fourth-order valence-corrected chi connectivity index (χ4v) is 2.26. The number of benzene rings is 1. The van der Waals surface area contributed by atoms with Crippen molar-refractivity contribution >= 4 is 21.9 Å². The van der Waals surface area contributed by atoms with Crippen molar-refractivity contribution in [1.82, 2.24) is 0 Å². The van der Waals surface area contributed by atoms with E-state index in [-0.39, 0.29) is 18.5 Å². The Morgan fingerprint density at radius 3 is 2.65 bits per heavy atom. The average Bonchev–Trinajstić information content (AvgIpc) is 2.75. The second-order valence-electron chi connectivity index (χ2n) is 4.34. The monoisotopic (exact) mass is 300 g/mol. The maximum atomic E-state index is 12.9. The number of carbonyl (C=O) groups is 1. The summed E-state index contributed by atoms with van der Waals surface area (Å²) in [6.45, 7) is 0.263. The predicted molar refractivity (Wildman–Crippen MR) is 66.2 cm³/mol. The molecule has 4 heteroatoms. The fourth-order valence-electron chi connectivity index (χ4n) is 1.99. The van der Waals surface area contributed by atoms with Crippen LogP contribution >= 0.6 is 15.9 Å². The Hall–Kier alpha value is -0.900. The van der Waals surface area contributed by atoms with Crippen molar-refractivity contribution in [3.05, 3.63) is 34.3 Å². The molecule has 1 aromatic rings. The minimum Gasteiger partial charge on any atom is -0.461 e. The molecular weight excluding hydrogens is 287 g/mol. The summed E-state index contributed by atoms with van der Waals surface area (Å²) in [6.07, 6.45) is 0.581. The van der Waals surface area contributed by atoms with Gasteiger partial charge in [-0.1, -0.05) is 28.1 Å². The number of carbonyl (C=O) groups excluding carboxylic acids is 1. The molecule has 0 radical (unpaired) electrons. The van der Waals surface area contributed by atoms with Crippen molar-refractivity contribution in [2.75, 3.05) is 0 Å². The zero-order valence-corrected chi connectivity index (χ0v) is 11.0. The van der Waals surface area contributed by atoms with Crippen molar-refractivity contribution in [3.8, 4) is 0 Å². The third-order valence-electron chi connectivity index (χ3n) is 3.00. The first-order chi connectivity index (χ1) is 8.15. The minimum absolute atomic E-state index is 0.250. The molecule has 0 amide bonds. The average molecular weight is 301 g/mol. The van der Waals surface area contributed by atoms with Gasteiger partial charge >= 0.3 is 5.97 Å². The van der Waals surface area contributed by atoms with Crippen LogP contribution in [-0.2, 0) is 16.1 Å². The molecule has 0 heterocycles. The summed E-state index contributed by atoms with van der Waals surface area (Å²) in [5.74, 6) is -0.520. The maximum absolute atomic E-state index is 12.9. The zero-order valence-electron chi connectivity index (χ0n) is 9.36. The molecule has 2 nitrogen and oxygen atoms in total. The van der Waals surface area contributed by atoms with Crippen molar-refractivity contribution < 1.29 is 13.9 Å². The van der Waals surface area contributed by atoms with Gasteiger partial charge < -0.3 is 4.74 Å². The van der Waals surface area contributed by atoms with Crippen molar-refractivity contribution in [3.63, 3.8) is 0 Å². The molecule has 1 unspecified atom stereocenters. The van der Waals surface area contributed by atoms with Crippen LogP contribution in [0.25, 0.3) is 0 Å². The van der Waals surface area contributed by atoms with Gasteiger partial charge in [-0.15, -0.1) is 0 Å². The van der Waals surface area contributed by atoms with Gasteiger partial charge in [-0.05, 0) is 37.0 Å². The summed E-state index contributed by atoms with van der Waals surface area (Å²) in [7, 11) is 0. The maximum Gasteiger partial charge on any atom is 0.309 e. The molecule has 17 heavy (non-hydrogen) atoms. The molecule has 0 bridgehead atoms. The largest absolute Gasteiger partial charge is 0.461 e. The molecule has 0 saturated heterocycles. The topological polar surface area (TPSA) is 26.3 Å². The summed E-state index contributed by atoms with van der Waals surface area (Å²) >= 11 is 3.34. The van der Waals surface area contributed by atoms with Gasteiger partial charge in [-0.3, -0.25) is 4.79 Å². The molecule has 2 atom stereocenters. The lowest BCUT2D eigenvalue weighted by Gasteiger charge is -2.09. The van der Waals surface area contributed by atoms with Gasteiger partial charge in [0.05, 0.1) is 5.92 Å². The molecule has 1 saturated carbocycles. The standard InChI is InChI=1S/C13H14BrFO2/c14-11-4-1-9(2-5-11)8-17-13(16)10-3-6-12(15)7-10/h1-2,4-5,10,12H,3,6-8H2/t10?,12-/m1/s1. The Balaban J connectivity index is 1.82. The number of esters is 1. The third kappa shape index (κ3) is 3.53. The predicted octanol–water partition coefficient (Wildman–Crippen LogP) is 3.63. The van der Waals surface area contributed by atoms with E-state index in [0.717, 1.165) is 10.0 Å². The molecule has 92 valence electrons. The zero-order chi connectivity index (χ0) is 12.3. The van der Waals surface area contributed by atoms with Crippen LogP contribution in [0.5, 0.6) is 0 Å². The van der Waals surface area contributed by atoms with E-state index >= 15 is 0 Å². The molecule has 0 spiro atoms. The number of rotatable bonds is 3. The van der Waals surface area contributed by atoms with Crippen LogP contribution in [0.1, 0.15) is 24.8 Å². The van der Waals surface area contributed by atoms with E-state index < -0.39 is 6.17 Å². The van der Waals surface area contributed by atoms with Crippen LogP contribution < -0.4 is 0 Å². The number of halogens is 2. The lowest BCUT2D eigenvalue weighted by atomic mass is 10.1. The molecule has 0 N–H and O–H groups in total. The van der Waals surface area contributed by atoms with E-state index in [9.17, 15) is 9.18 Å². The molecule has 1 fully saturated rings. The van der Waals surface area contributed by atoms with Crippen LogP contribution in [0.3, 0.4) is 0 Å². The highest BCUT2D eigenvalue weighted by Crippen LogP contribution is 2.29. The van der Waals surface area contributed by atoms with Gasteiger partial charge in [0.25, 0.3) is 0 Å². The molecular formula is C13H14BrFO2. The van der Waals surface area contributed by atoms with Crippen molar-refractivity contribution in [2.45, 2.75) is 32.0 Å². The SMILES string of the molecule is O=C(OCc1ccc(Br)cc1)C1CC[C@@H](F)C1. The van der Waals surface area contributed by atoms with E-state index in [1.165, 1.54) is 0 Å². The van der Waals surface area contributed by atoms with Gasteiger partial charge in [-0.2, -0.15) is 0 Å². The Labute approximate surface area is 108 Å². The first-order valence-electron chi connectivity index (χ1n) is 5.70. The number of alkyl halides is 1. The molecule has 1 aliphatic carbocycles. The Kier molecular flexibility index (Phi) is 4.15. The van der Waals surface area contributed by atoms with Crippen LogP contribution in [0.15, 0.2) is 28.7 Å². The molecule has 2 rings (SSSR count). The van der Waals surface area contributed by atoms with E-state index in [1.807, 2.05) is 24.3 Å². The third-order valence-corrected chi connectivity index (χ3v) is 3.52. The molecule has 0 aliphatic heterocycles. The summed E-state index contributed by atoms with van der Waals surface area (Å²) in [4.78, 5) is 11.6. The van der Waals surface area contributed by atoms with Crippen molar-refractivity contribution in [2.24, 2.45) is 5.92 Å². The summed E-state index contributed by atoms with van der Waals surface area (Å²) in [5.41, 5.74) is 0.941. The second-order valence-corrected chi connectivity index (χ2v) is 5.26. The summed E-state index contributed by atoms with van der Waals surface area (Å²) in [5, 5.41) is 0. The first-order valence-corrected chi connectivity index (χ1v) is 6.49. The smallest absolute Gasteiger partial charge is 0.309 e. The summed E-state index contributed by atoms with van der Waals surface area (Å²) in [6, 6.07) is 7.58. The molecule has 1 aromatic carbocycles. The van der Waals surface area contributed by atoms with E-state index in [4.69, 9.17) is 4.74 Å². The number of hydrogen-bond donors (Lipinski definition) is 0. The number of hydrogen-bond acceptors (Lipinski definition) is 2. The first kappa shape index (κ1) is 12.6. The highest BCUT2D eigenvalue weighted by atomic mass is 79.9. The lowest BCUT2D eigenvalue weighted by molar-refractivity contribution is -0.149. The Morgan fingerprint density at radius 2 is 2.06 bits per heavy atom. The van der Waals surface area contributed by atoms with Gasteiger partial charge in [0.15, 0.2) is 0 Å². The van der Waals surface area contributed by atoms with E-state index in [1.54, 1.807) is 0 Å². The normalized spacial score (nSPS) is 23.6. The second kappa shape index (κ2) is 5.63. The minimum atomic E-state index is -0.833. The van der Waals surface area contributed by atoms with Gasteiger partial charge in [-0.25, -0.2) is 4.39 Å². The van der Waals surface area contributed by atoms with Crippen molar-refractivity contribution in [1.29, 1.82) is 0 Å².